The van der Waals surface area contributed by atoms with Gasteiger partial charge in [0, 0.05) is 26.1 Å². The molecule has 1 amide bonds. The molecular weight excluding hydrogens is 288 g/mol. The van der Waals surface area contributed by atoms with Gasteiger partial charge in [0.25, 0.3) is 0 Å². The van der Waals surface area contributed by atoms with Gasteiger partial charge in [-0.05, 0) is 18.9 Å². The molecule has 1 N–H and O–H groups in total. The zero-order chi connectivity index (χ0) is 15.9. The zero-order valence-corrected chi connectivity index (χ0v) is 13.7. The molecule has 1 rings (SSSR count). The molecular formula is C15H24N2O3S. The minimum Gasteiger partial charge on any atom is -0.354 e. The SMILES string of the molecule is CCC(C)NC(=O)CCS(=O)(=O)N(C)Cc1ccccc1. The Kier molecular flexibility index (Phi) is 6.84. The van der Waals surface area contributed by atoms with Crippen LogP contribution in [0.5, 0.6) is 0 Å². The molecule has 0 aromatic heterocycles. The van der Waals surface area contributed by atoms with Crippen LogP contribution in [-0.4, -0.2) is 37.5 Å². The van der Waals surface area contributed by atoms with Crippen molar-refractivity contribution < 1.29 is 13.2 Å². The van der Waals surface area contributed by atoms with Crippen molar-refractivity contribution in [2.75, 3.05) is 12.8 Å². The number of carbonyl (C=O) groups is 1. The Balaban J connectivity index is 2.51. The van der Waals surface area contributed by atoms with Crippen LogP contribution in [0.1, 0.15) is 32.3 Å². The molecule has 0 saturated heterocycles. The lowest BCUT2D eigenvalue weighted by molar-refractivity contribution is -0.121. The lowest BCUT2D eigenvalue weighted by atomic mass is 10.2. The number of nitrogens with zero attached hydrogens (tertiary/aromatic N) is 1. The summed E-state index contributed by atoms with van der Waals surface area (Å²) in [7, 11) is -1.89. The summed E-state index contributed by atoms with van der Waals surface area (Å²) in [4.78, 5) is 11.6. The van der Waals surface area contributed by atoms with Crippen LogP contribution in [-0.2, 0) is 21.4 Å². The van der Waals surface area contributed by atoms with E-state index in [0.29, 0.717) is 6.54 Å². The predicted octanol–water partition coefficient (Wildman–Crippen LogP) is 1.75. The van der Waals surface area contributed by atoms with Crippen LogP contribution in [0.25, 0.3) is 0 Å². The highest BCUT2D eigenvalue weighted by molar-refractivity contribution is 7.89. The first-order valence-electron chi connectivity index (χ1n) is 7.12. The van der Waals surface area contributed by atoms with Gasteiger partial charge >= 0.3 is 0 Å². The van der Waals surface area contributed by atoms with Gasteiger partial charge in [-0.15, -0.1) is 0 Å². The predicted molar refractivity (Wildman–Crippen MR) is 84.2 cm³/mol. The van der Waals surface area contributed by atoms with Gasteiger partial charge in [0.1, 0.15) is 0 Å². The van der Waals surface area contributed by atoms with E-state index in [1.807, 2.05) is 44.2 Å². The van der Waals surface area contributed by atoms with E-state index < -0.39 is 10.0 Å². The summed E-state index contributed by atoms with van der Waals surface area (Å²) >= 11 is 0. The van der Waals surface area contributed by atoms with E-state index >= 15 is 0 Å². The first-order valence-corrected chi connectivity index (χ1v) is 8.73. The number of benzene rings is 1. The zero-order valence-electron chi connectivity index (χ0n) is 12.9. The van der Waals surface area contributed by atoms with Crippen molar-refractivity contribution in [3.05, 3.63) is 35.9 Å². The largest absolute Gasteiger partial charge is 0.354 e. The number of carbonyl (C=O) groups excluding carboxylic acids is 1. The Morgan fingerprint density at radius 1 is 1.29 bits per heavy atom. The molecule has 0 fully saturated rings. The fourth-order valence-corrected chi connectivity index (χ4v) is 2.87. The highest BCUT2D eigenvalue weighted by Gasteiger charge is 2.19. The quantitative estimate of drug-likeness (QED) is 0.795. The first-order chi connectivity index (χ1) is 9.85. The van der Waals surface area contributed by atoms with E-state index in [-0.39, 0.29) is 24.1 Å². The fourth-order valence-electron chi connectivity index (χ4n) is 1.77. The molecule has 1 aromatic rings. The van der Waals surface area contributed by atoms with Gasteiger partial charge in [-0.2, -0.15) is 0 Å². The van der Waals surface area contributed by atoms with E-state index in [0.717, 1.165) is 12.0 Å². The van der Waals surface area contributed by atoms with E-state index in [1.165, 1.54) is 11.4 Å². The second kappa shape index (κ2) is 8.14. The third-order valence-corrected chi connectivity index (χ3v) is 5.13. The second-order valence-electron chi connectivity index (χ2n) is 5.18. The van der Waals surface area contributed by atoms with Crippen LogP contribution in [0.15, 0.2) is 30.3 Å². The van der Waals surface area contributed by atoms with Gasteiger partial charge in [-0.25, -0.2) is 12.7 Å². The highest BCUT2D eigenvalue weighted by atomic mass is 32.2. The average Bonchev–Trinajstić information content (AvgIpc) is 2.46. The summed E-state index contributed by atoms with van der Waals surface area (Å²) in [5.41, 5.74) is 0.924. The maximum absolute atomic E-state index is 12.1. The topological polar surface area (TPSA) is 66.5 Å². The van der Waals surface area contributed by atoms with Crippen molar-refractivity contribution in [2.45, 2.75) is 39.3 Å². The van der Waals surface area contributed by atoms with Crippen LogP contribution < -0.4 is 5.32 Å². The van der Waals surface area contributed by atoms with Crippen LogP contribution in [0.3, 0.4) is 0 Å². The third kappa shape index (κ3) is 6.27. The number of sulfonamides is 1. The summed E-state index contributed by atoms with van der Waals surface area (Å²) in [6.45, 7) is 4.18. The van der Waals surface area contributed by atoms with E-state index in [4.69, 9.17) is 0 Å². The van der Waals surface area contributed by atoms with Gasteiger partial charge < -0.3 is 5.32 Å². The number of hydrogen-bond acceptors (Lipinski definition) is 3. The second-order valence-corrected chi connectivity index (χ2v) is 7.38. The van der Waals surface area contributed by atoms with Crippen molar-refractivity contribution in [1.82, 2.24) is 9.62 Å². The highest BCUT2D eigenvalue weighted by Crippen LogP contribution is 2.08. The minimum absolute atomic E-state index is 0.00813. The Hall–Kier alpha value is -1.40. The molecule has 1 aromatic carbocycles. The number of nitrogens with one attached hydrogen (secondary N) is 1. The van der Waals surface area contributed by atoms with Crippen molar-refractivity contribution in [1.29, 1.82) is 0 Å². The third-order valence-electron chi connectivity index (χ3n) is 3.33. The Bertz CT molecular complexity index is 543. The van der Waals surface area contributed by atoms with Gasteiger partial charge in [0.2, 0.25) is 15.9 Å². The molecule has 0 radical (unpaired) electrons. The molecule has 21 heavy (non-hydrogen) atoms. The lowest BCUT2D eigenvalue weighted by Gasteiger charge is -2.17. The summed E-state index contributed by atoms with van der Waals surface area (Å²) in [5, 5.41) is 2.77. The molecule has 0 heterocycles. The maximum Gasteiger partial charge on any atom is 0.221 e. The number of hydrogen-bond donors (Lipinski definition) is 1. The van der Waals surface area contributed by atoms with Crippen LogP contribution in [0.4, 0.5) is 0 Å². The molecule has 6 heteroatoms. The molecule has 118 valence electrons. The fraction of sp³-hybridized carbons (Fsp3) is 0.533. The van der Waals surface area contributed by atoms with Crippen LogP contribution >= 0.6 is 0 Å². The molecule has 0 aliphatic carbocycles. The van der Waals surface area contributed by atoms with Crippen molar-refractivity contribution >= 4 is 15.9 Å². The smallest absolute Gasteiger partial charge is 0.221 e. The molecule has 0 spiro atoms. The summed E-state index contributed by atoms with van der Waals surface area (Å²) < 4.78 is 25.6. The van der Waals surface area contributed by atoms with Gasteiger partial charge in [-0.1, -0.05) is 37.3 Å². The molecule has 0 saturated carbocycles. The normalized spacial score (nSPS) is 13.1. The van der Waals surface area contributed by atoms with Crippen LogP contribution in [0, 0.1) is 0 Å². The van der Waals surface area contributed by atoms with E-state index in [2.05, 4.69) is 5.32 Å². The minimum atomic E-state index is -3.42. The molecule has 0 bridgehead atoms. The average molecular weight is 312 g/mol. The Labute approximate surface area is 127 Å². The lowest BCUT2D eigenvalue weighted by Crippen LogP contribution is -2.35. The maximum atomic E-state index is 12.1. The first kappa shape index (κ1) is 17.7. The summed E-state index contributed by atoms with van der Waals surface area (Å²) in [6, 6.07) is 9.45. The van der Waals surface area contributed by atoms with E-state index in [9.17, 15) is 13.2 Å². The Morgan fingerprint density at radius 2 is 1.90 bits per heavy atom. The summed E-state index contributed by atoms with van der Waals surface area (Å²) in [6.07, 6.45) is 0.818. The van der Waals surface area contributed by atoms with Crippen molar-refractivity contribution in [2.24, 2.45) is 0 Å². The van der Waals surface area contributed by atoms with Gasteiger partial charge in [0.05, 0.1) is 5.75 Å². The van der Waals surface area contributed by atoms with Crippen molar-refractivity contribution in [3.8, 4) is 0 Å². The molecule has 1 atom stereocenters. The number of rotatable bonds is 8. The monoisotopic (exact) mass is 312 g/mol. The van der Waals surface area contributed by atoms with Crippen molar-refractivity contribution in [3.63, 3.8) is 0 Å². The number of amides is 1. The molecule has 5 nitrogen and oxygen atoms in total. The van der Waals surface area contributed by atoms with Gasteiger partial charge in [-0.3, -0.25) is 4.79 Å². The molecule has 0 aliphatic heterocycles. The van der Waals surface area contributed by atoms with E-state index in [1.54, 1.807) is 0 Å². The van der Waals surface area contributed by atoms with Crippen LogP contribution in [0.2, 0.25) is 0 Å². The summed E-state index contributed by atoms with van der Waals surface area (Å²) in [5.74, 6) is -0.389. The molecule has 1 unspecified atom stereocenters. The standard InChI is InChI=1S/C15H24N2O3S/c1-4-13(2)16-15(18)10-11-21(19,20)17(3)12-14-8-6-5-7-9-14/h5-9,13H,4,10-12H2,1-3H3,(H,16,18). The van der Waals surface area contributed by atoms with Gasteiger partial charge in [0.15, 0.2) is 0 Å². The Morgan fingerprint density at radius 3 is 2.48 bits per heavy atom. The molecule has 0 aliphatic rings.